The van der Waals surface area contributed by atoms with Crippen molar-refractivity contribution in [1.82, 2.24) is 39.8 Å². The van der Waals surface area contributed by atoms with Crippen LogP contribution >= 0.6 is 22.7 Å². The smallest absolute Gasteiger partial charge is 0.175 e. The Balaban J connectivity index is 0.000000465. The molecule has 0 radical (unpaired) electrons. The Hall–Kier alpha value is -4.86. The highest BCUT2D eigenvalue weighted by atomic mass is 32.2. The zero-order valence-corrected chi connectivity index (χ0v) is 57.5. The molecule has 0 amide bonds. The number of sulfone groups is 1. The molecular weight excluding hydrogens is 1060 g/mol. The minimum atomic E-state index is -3.07. The standard InChI is InChI=1S/C11H16O2S.C10H14.C9H13N.C8H14N2.C8H17NO.C7H12N2.2C7H11NS/c1-11(2,3)9-5-7-10(8-6-9)14(4,12)13;1-10(2,3)9-7-5-4-6-8-9;1-9(2,3)8-4-6-10-7-5-8;1-8(2,3)7-5-9-10(4)6-7;1-8(2,3)9-4-6-10-7-5-9;1-7(2,3)6-4-8-9-5-6;1-7(2,3)6-4-9-5-8-6;1-7(2,3)6-8-4-5-9-6/h5-8H,1-4H3;4-8H,1-3H3;4-7H,1-3H3;5-6H,1-4H3;4-7H2,1-3H3;4-5H,1-3H3,(H,8,9);2*4-5H,1-3H3. The first-order chi connectivity index (χ1) is 36.8. The largest absolute Gasteiger partial charge is 0.379 e. The van der Waals surface area contributed by atoms with Gasteiger partial charge in [-0.25, -0.2) is 18.4 Å². The topological polar surface area (TPSA) is 132 Å². The van der Waals surface area contributed by atoms with E-state index in [1.54, 1.807) is 34.8 Å². The molecule has 0 unspecified atom stereocenters. The van der Waals surface area contributed by atoms with Crippen molar-refractivity contribution in [2.24, 2.45) is 7.05 Å². The fourth-order valence-corrected chi connectivity index (χ4v) is 9.01. The molecule has 0 bridgehead atoms. The lowest BCUT2D eigenvalue weighted by atomic mass is 9.87. The molecule has 0 aliphatic carbocycles. The maximum atomic E-state index is 11.2. The number of rotatable bonds is 1. The summed E-state index contributed by atoms with van der Waals surface area (Å²) in [5.74, 6) is 0. The molecule has 14 heteroatoms. The van der Waals surface area contributed by atoms with Gasteiger partial charge in [-0.1, -0.05) is 188 Å². The van der Waals surface area contributed by atoms with Gasteiger partial charge in [0.2, 0.25) is 0 Å². The van der Waals surface area contributed by atoms with Crippen LogP contribution in [0.3, 0.4) is 0 Å². The first kappa shape index (κ1) is 74.2. The third kappa shape index (κ3) is 31.4. The molecule has 0 spiro atoms. The molecule has 1 fully saturated rings. The summed E-state index contributed by atoms with van der Waals surface area (Å²) in [5, 5.41) is 16.1. The minimum absolute atomic E-state index is 0.0655. The Bertz CT molecular complexity index is 2650. The van der Waals surface area contributed by atoms with E-state index in [1.165, 1.54) is 39.2 Å². The van der Waals surface area contributed by atoms with Gasteiger partial charge in [-0.3, -0.25) is 19.7 Å². The maximum Gasteiger partial charge on any atom is 0.175 e. The summed E-state index contributed by atoms with van der Waals surface area (Å²) in [6.45, 7) is 56.4. The van der Waals surface area contributed by atoms with Gasteiger partial charge in [0.25, 0.3) is 0 Å². The van der Waals surface area contributed by atoms with Crippen LogP contribution in [0.5, 0.6) is 0 Å². The van der Waals surface area contributed by atoms with Crippen LogP contribution in [0.4, 0.5) is 0 Å². The first-order valence-corrected chi connectivity index (χ1v) is 31.9. The van der Waals surface area contributed by atoms with Crippen molar-refractivity contribution >= 4 is 32.5 Å². The molecule has 81 heavy (non-hydrogen) atoms. The number of benzene rings is 2. The Morgan fingerprint density at radius 2 is 1.02 bits per heavy atom. The van der Waals surface area contributed by atoms with Crippen LogP contribution in [0.2, 0.25) is 0 Å². The molecule has 1 N–H and O–H groups in total. The van der Waals surface area contributed by atoms with Crippen molar-refractivity contribution in [3.05, 3.63) is 165 Å². The van der Waals surface area contributed by atoms with Crippen LogP contribution in [0, 0.1) is 0 Å². The van der Waals surface area contributed by atoms with Crippen molar-refractivity contribution in [2.75, 3.05) is 32.6 Å². The summed E-state index contributed by atoms with van der Waals surface area (Å²) >= 11 is 3.37. The normalized spacial score (nSPS) is 13.4. The van der Waals surface area contributed by atoms with Gasteiger partial charge < -0.3 is 4.74 Å². The number of aromatic amines is 1. The third-order valence-corrected chi connectivity index (χ3v) is 15.4. The predicted molar refractivity (Wildman–Crippen MR) is 349 cm³/mol. The van der Waals surface area contributed by atoms with E-state index in [0.717, 1.165) is 31.9 Å². The fourth-order valence-electron chi connectivity index (χ4n) is 6.87. The molecule has 11 nitrogen and oxygen atoms in total. The molecule has 1 saturated heterocycles. The van der Waals surface area contributed by atoms with Crippen molar-refractivity contribution in [2.45, 2.75) is 215 Å². The summed E-state index contributed by atoms with van der Waals surface area (Å²) in [5.41, 5.74) is 11.3. The van der Waals surface area contributed by atoms with Gasteiger partial charge in [0, 0.05) is 84.5 Å². The fraction of sp³-hybridized carbons (Fsp3) is 0.567. The highest BCUT2D eigenvalue weighted by Gasteiger charge is 2.23. The molecule has 7 aromatic rings. The van der Waals surface area contributed by atoms with Crippen molar-refractivity contribution in [3.63, 3.8) is 0 Å². The van der Waals surface area contributed by atoms with Crippen molar-refractivity contribution in [3.8, 4) is 0 Å². The SMILES string of the molecule is CC(C)(C)N1CCOCC1.CC(C)(C)c1ccc(S(C)(=O)=O)cc1.CC(C)(C)c1ccccc1.CC(C)(C)c1ccncc1.CC(C)(C)c1cn[nH]c1.CC(C)(C)c1cscn1.CC(C)(C)c1nccs1.Cn1cc(C(C)(C)C)cn1. The number of nitrogens with zero attached hydrogens (tertiary/aromatic N) is 7. The summed E-state index contributed by atoms with van der Waals surface area (Å²) in [6, 6.07) is 21.7. The minimum Gasteiger partial charge on any atom is -0.379 e. The van der Waals surface area contributed by atoms with E-state index in [4.69, 9.17) is 4.74 Å². The van der Waals surface area contributed by atoms with E-state index in [9.17, 15) is 8.42 Å². The van der Waals surface area contributed by atoms with Gasteiger partial charge in [-0.15, -0.1) is 22.7 Å². The summed E-state index contributed by atoms with van der Waals surface area (Å²) in [6.07, 6.45) is 14.5. The second-order valence-corrected chi connectivity index (χ2v) is 32.1. The van der Waals surface area contributed by atoms with Gasteiger partial charge in [-0.2, -0.15) is 10.2 Å². The first-order valence-electron chi connectivity index (χ1n) is 28.2. The van der Waals surface area contributed by atoms with Gasteiger partial charge in [0.05, 0.1) is 46.7 Å². The van der Waals surface area contributed by atoms with Gasteiger partial charge >= 0.3 is 0 Å². The Kier molecular flexibility index (Phi) is 29.5. The Labute approximate surface area is 501 Å². The van der Waals surface area contributed by atoms with E-state index in [1.807, 2.05) is 71.9 Å². The van der Waals surface area contributed by atoms with Crippen LogP contribution in [0.1, 0.15) is 205 Å². The van der Waals surface area contributed by atoms with Crippen LogP contribution in [0.25, 0.3) is 0 Å². The molecule has 8 rings (SSSR count). The number of hydrogen-bond acceptors (Lipinski definition) is 11. The van der Waals surface area contributed by atoms with Gasteiger partial charge in [-0.05, 0) is 99.9 Å². The molecular formula is C67H108N8O3S3. The zero-order chi connectivity index (χ0) is 62.3. The second-order valence-electron chi connectivity index (χ2n) is 28.5. The lowest BCUT2D eigenvalue weighted by molar-refractivity contribution is -0.00389. The van der Waals surface area contributed by atoms with Gasteiger partial charge in [0.15, 0.2) is 9.84 Å². The number of ether oxygens (including phenoxy) is 1. The number of aryl methyl sites for hydroxylation is 1. The molecule has 1 aliphatic heterocycles. The van der Waals surface area contributed by atoms with E-state index in [0.29, 0.717) is 15.8 Å². The molecule has 452 valence electrons. The van der Waals surface area contributed by atoms with Gasteiger partial charge in [0.1, 0.15) is 0 Å². The highest BCUT2D eigenvalue weighted by molar-refractivity contribution is 7.90. The third-order valence-electron chi connectivity index (χ3n) is 12.5. The number of hydrogen-bond donors (Lipinski definition) is 1. The van der Waals surface area contributed by atoms with Crippen LogP contribution in [-0.4, -0.2) is 86.3 Å². The molecule has 6 heterocycles. The van der Waals surface area contributed by atoms with Crippen molar-refractivity contribution in [1.29, 1.82) is 0 Å². The Morgan fingerprint density at radius 1 is 0.543 bits per heavy atom. The second kappa shape index (κ2) is 32.3. The maximum absolute atomic E-state index is 11.2. The number of aromatic nitrogens is 7. The van der Waals surface area contributed by atoms with E-state index < -0.39 is 9.84 Å². The number of thiazole rings is 2. The van der Waals surface area contributed by atoms with Crippen molar-refractivity contribution < 1.29 is 13.2 Å². The van der Waals surface area contributed by atoms with Crippen LogP contribution < -0.4 is 0 Å². The summed E-state index contributed by atoms with van der Waals surface area (Å²) < 4.78 is 29.5. The lowest BCUT2D eigenvalue weighted by Crippen LogP contribution is -2.47. The summed E-state index contributed by atoms with van der Waals surface area (Å²) in [7, 11) is -1.13. The molecule has 0 saturated carbocycles. The molecule has 0 atom stereocenters. The quantitative estimate of drug-likeness (QED) is 0.171. The van der Waals surface area contributed by atoms with E-state index >= 15 is 0 Å². The molecule has 2 aromatic carbocycles. The lowest BCUT2D eigenvalue weighted by Gasteiger charge is -2.38. The summed E-state index contributed by atoms with van der Waals surface area (Å²) in [4.78, 5) is 15.2. The molecule has 5 aromatic heterocycles. The number of pyridine rings is 1. The van der Waals surface area contributed by atoms with E-state index in [-0.39, 0.29) is 32.5 Å². The van der Waals surface area contributed by atoms with E-state index in [2.05, 4.69) is 255 Å². The zero-order valence-electron chi connectivity index (χ0n) is 55.0. The monoisotopic (exact) mass is 1170 g/mol. The van der Waals surface area contributed by atoms with Crippen LogP contribution in [-0.2, 0) is 59.5 Å². The average molecular weight is 1170 g/mol. The Morgan fingerprint density at radius 3 is 1.28 bits per heavy atom. The number of morpholine rings is 1. The predicted octanol–water partition coefficient (Wildman–Crippen LogP) is 17.2. The average Bonchev–Trinajstić information content (AvgIpc) is 4.22. The van der Waals surface area contributed by atoms with Crippen LogP contribution in [0.15, 0.2) is 131 Å². The molecule has 1 aliphatic rings. The number of nitrogens with one attached hydrogen (secondary N) is 1. The number of H-pyrrole nitrogens is 1. The highest BCUT2D eigenvalue weighted by Crippen LogP contribution is 2.26.